The molecule has 2 bridgehead atoms. The SMILES string of the molecule is CC(=O)OC[C@H]1O[C@]2(OC[C@@H]3C[C@H]2C(=O)O3)[C@H](OC(C)=O)[C@@H](OC(C)=O)[C@@H]1OC(C)=O. The quantitative estimate of drug-likeness (QED) is 0.393. The van der Waals surface area contributed by atoms with Crippen LogP contribution in [0.2, 0.25) is 0 Å². The van der Waals surface area contributed by atoms with Gasteiger partial charge in [-0.3, -0.25) is 24.0 Å². The molecule has 12 heteroatoms. The zero-order valence-electron chi connectivity index (χ0n) is 17.5. The summed E-state index contributed by atoms with van der Waals surface area (Å²) in [7, 11) is 0. The molecule has 3 aliphatic rings. The molecule has 0 radical (unpaired) electrons. The van der Waals surface area contributed by atoms with Gasteiger partial charge in [-0.15, -0.1) is 0 Å². The molecule has 1 spiro atoms. The first-order valence-corrected chi connectivity index (χ1v) is 9.70. The van der Waals surface area contributed by atoms with E-state index in [1.54, 1.807) is 0 Å². The van der Waals surface area contributed by atoms with Gasteiger partial charge >= 0.3 is 29.8 Å². The minimum Gasteiger partial charge on any atom is -0.463 e. The second-order valence-electron chi connectivity index (χ2n) is 7.52. The zero-order chi connectivity index (χ0) is 22.9. The Labute approximate surface area is 177 Å². The van der Waals surface area contributed by atoms with E-state index in [0.29, 0.717) is 0 Å². The van der Waals surface area contributed by atoms with E-state index in [4.69, 9.17) is 33.2 Å². The molecular weight excluding hydrogens is 420 g/mol. The molecule has 3 rings (SSSR count). The van der Waals surface area contributed by atoms with Crippen LogP contribution in [0.1, 0.15) is 34.1 Å². The average molecular weight is 444 g/mol. The summed E-state index contributed by atoms with van der Waals surface area (Å²) in [6.45, 7) is 4.04. The molecule has 3 saturated heterocycles. The van der Waals surface area contributed by atoms with Crippen molar-refractivity contribution >= 4 is 29.8 Å². The second-order valence-corrected chi connectivity index (χ2v) is 7.52. The van der Waals surface area contributed by atoms with Crippen molar-refractivity contribution in [1.29, 1.82) is 0 Å². The lowest BCUT2D eigenvalue weighted by Crippen LogP contribution is -2.72. The smallest absolute Gasteiger partial charge is 0.315 e. The third-order valence-electron chi connectivity index (χ3n) is 5.12. The Balaban J connectivity index is 2.08. The molecule has 3 fully saturated rings. The van der Waals surface area contributed by atoms with Crippen LogP contribution < -0.4 is 0 Å². The maximum absolute atomic E-state index is 12.5. The molecule has 0 aliphatic carbocycles. The highest BCUT2D eigenvalue weighted by Crippen LogP contribution is 2.48. The Morgan fingerprint density at radius 2 is 1.55 bits per heavy atom. The normalized spacial score (nSPS) is 36.3. The molecule has 31 heavy (non-hydrogen) atoms. The van der Waals surface area contributed by atoms with Crippen LogP contribution in [0, 0.1) is 5.92 Å². The summed E-state index contributed by atoms with van der Waals surface area (Å²) in [6.07, 6.45) is -5.70. The molecule has 0 saturated carbocycles. The van der Waals surface area contributed by atoms with E-state index in [0.717, 1.165) is 20.8 Å². The van der Waals surface area contributed by atoms with Crippen molar-refractivity contribution in [3.63, 3.8) is 0 Å². The van der Waals surface area contributed by atoms with Crippen LogP contribution in [0.5, 0.6) is 0 Å². The summed E-state index contributed by atoms with van der Waals surface area (Å²) in [5.41, 5.74) is 0. The summed E-state index contributed by atoms with van der Waals surface area (Å²) in [5.74, 6) is -6.51. The Kier molecular flexibility index (Phi) is 6.51. The van der Waals surface area contributed by atoms with Crippen molar-refractivity contribution < 1.29 is 57.1 Å². The van der Waals surface area contributed by atoms with Crippen LogP contribution in [-0.4, -0.2) is 79.4 Å². The molecule has 0 amide bonds. The molecule has 7 atom stereocenters. The van der Waals surface area contributed by atoms with Gasteiger partial charge in [0, 0.05) is 34.1 Å². The van der Waals surface area contributed by atoms with E-state index in [1.165, 1.54) is 6.92 Å². The number of rotatable bonds is 5. The Bertz CT molecular complexity index is 778. The van der Waals surface area contributed by atoms with Crippen molar-refractivity contribution in [3.8, 4) is 0 Å². The first-order chi connectivity index (χ1) is 14.5. The molecule has 0 N–H and O–H groups in total. The van der Waals surface area contributed by atoms with E-state index in [9.17, 15) is 24.0 Å². The Hall–Kier alpha value is -2.73. The Morgan fingerprint density at radius 1 is 0.935 bits per heavy atom. The van der Waals surface area contributed by atoms with Gasteiger partial charge in [0.25, 0.3) is 0 Å². The van der Waals surface area contributed by atoms with Crippen molar-refractivity contribution in [2.24, 2.45) is 5.92 Å². The number of carbonyl (C=O) groups excluding carboxylic acids is 5. The number of esters is 5. The van der Waals surface area contributed by atoms with Gasteiger partial charge in [0.1, 0.15) is 24.7 Å². The molecule has 3 heterocycles. The van der Waals surface area contributed by atoms with Crippen LogP contribution >= 0.6 is 0 Å². The van der Waals surface area contributed by atoms with Gasteiger partial charge in [0.2, 0.25) is 5.79 Å². The van der Waals surface area contributed by atoms with Gasteiger partial charge < -0.3 is 33.2 Å². The van der Waals surface area contributed by atoms with Crippen molar-refractivity contribution in [1.82, 2.24) is 0 Å². The predicted molar refractivity (Wildman–Crippen MR) is 94.8 cm³/mol. The lowest BCUT2D eigenvalue weighted by molar-refractivity contribution is -0.385. The fraction of sp³-hybridized carbons (Fsp3) is 0.737. The predicted octanol–water partition coefficient (Wildman–Crippen LogP) is -0.598. The van der Waals surface area contributed by atoms with Crippen LogP contribution in [0.4, 0.5) is 0 Å². The minimum atomic E-state index is -1.91. The van der Waals surface area contributed by atoms with Crippen molar-refractivity contribution in [3.05, 3.63) is 0 Å². The number of ether oxygens (including phenoxy) is 7. The van der Waals surface area contributed by atoms with Gasteiger partial charge in [-0.1, -0.05) is 0 Å². The highest BCUT2D eigenvalue weighted by molar-refractivity contribution is 5.77. The van der Waals surface area contributed by atoms with Gasteiger partial charge in [0.15, 0.2) is 18.3 Å². The topological polar surface area (TPSA) is 150 Å². The zero-order valence-corrected chi connectivity index (χ0v) is 17.5. The standard InChI is InChI=1S/C19H24O12/c1-8(20)25-7-14-15(27-9(2)21)16(28-10(3)22)17(29-11(4)23)19(31-14)13-5-12(6-26-19)30-18(13)24/h12-17H,5-7H2,1-4H3/t12-,13-,14+,15+,16-,17+,19-/m0/s1. The summed E-state index contributed by atoms with van der Waals surface area (Å²) in [5, 5.41) is 0. The van der Waals surface area contributed by atoms with E-state index in [2.05, 4.69) is 0 Å². The fourth-order valence-electron chi connectivity index (χ4n) is 4.10. The monoisotopic (exact) mass is 444 g/mol. The van der Waals surface area contributed by atoms with Gasteiger partial charge in [-0.25, -0.2) is 0 Å². The van der Waals surface area contributed by atoms with E-state index < -0.39 is 78.7 Å². The van der Waals surface area contributed by atoms with E-state index in [-0.39, 0.29) is 13.0 Å². The van der Waals surface area contributed by atoms with Gasteiger partial charge in [0.05, 0.1) is 6.61 Å². The Morgan fingerprint density at radius 3 is 2.13 bits per heavy atom. The maximum atomic E-state index is 12.5. The van der Waals surface area contributed by atoms with Crippen LogP contribution in [0.25, 0.3) is 0 Å². The molecule has 0 unspecified atom stereocenters. The number of hydrogen-bond donors (Lipinski definition) is 0. The second kappa shape index (κ2) is 8.79. The average Bonchev–Trinajstić information content (AvgIpc) is 2.97. The van der Waals surface area contributed by atoms with E-state index >= 15 is 0 Å². The summed E-state index contributed by atoms with van der Waals surface area (Å²) < 4.78 is 38.3. The lowest BCUT2D eigenvalue weighted by atomic mass is 9.81. The first-order valence-electron chi connectivity index (χ1n) is 9.70. The molecule has 0 aromatic heterocycles. The molecular formula is C19H24O12. The molecule has 3 aliphatic heterocycles. The minimum absolute atomic E-state index is 0.0642. The van der Waals surface area contributed by atoms with Crippen LogP contribution in [0.15, 0.2) is 0 Å². The third kappa shape index (κ3) is 4.64. The van der Waals surface area contributed by atoms with Crippen molar-refractivity contribution in [2.45, 2.75) is 70.4 Å². The molecule has 0 aromatic carbocycles. The third-order valence-corrected chi connectivity index (χ3v) is 5.12. The maximum Gasteiger partial charge on any atom is 0.315 e. The number of fused-ring (bicyclic) bond motifs is 3. The number of hydrogen-bond acceptors (Lipinski definition) is 12. The van der Waals surface area contributed by atoms with Crippen LogP contribution in [-0.2, 0) is 57.1 Å². The highest BCUT2D eigenvalue weighted by atomic mass is 16.8. The lowest BCUT2D eigenvalue weighted by Gasteiger charge is -2.52. The number of carbonyl (C=O) groups is 5. The first kappa shape index (κ1) is 22.9. The largest absolute Gasteiger partial charge is 0.463 e. The molecule has 0 aromatic rings. The molecule has 172 valence electrons. The van der Waals surface area contributed by atoms with Gasteiger partial charge in [-0.2, -0.15) is 0 Å². The van der Waals surface area contributed by atoms with Gasteiger partial charge in [-0.05, 0) is 0 Å². The summed E-state index contributed by atoms with van der Waals surface area (Å²) >= 11 is 0. The summed E-state index contributed by atoms with van der Waals surface area (Å²) in [4.78, 5) is 59.5. The van der Waals surface area contributed by atoms with Crippen molar-refractivity contribution in [2.75, 3.05) is 13.2 Å². The van der Waals surface area contributed by atoms with Crippen LogP contribution in [0.3, 0.4) is 0 Å². The van der Waals surface area contributed by atoms with E-state index in [1.807, 2.05) is 0 Å². The highest BCUT2D eigenvalue weighted by Gasteiger charge is 2.69. The summed E-state index contributed by atoms with van der Waals surface area (Å²) in [6, 6.07) is 0. The molecule has 12 nitrogen and oxygen atoms in total. The fourth-order valence-corrected chi connectivity index (χ4v) is 4.10.